The lowest BCUT2D eigenvalue weighted by Crippen LogP contribution is -2.49. The highest BCUT2D eigenvalue weighted by Crippen LogP contribution is 2.47. The van der Waals surface area contributed by atoms with Gasteiger partial charge in [0.15, 0.2) is 0 Å². The normalized spacial score (nSPS) is 20.6. The Balaban J connectivity index is 0.000000632. The van der Waals surface area contributed by atoms with Crippen LogP contribution in [0.5, 0.6) is 5.75 Å². The summed E-state index contributed by atoms with van der Waals surface area (Å²) in [5, 5.41) is 0. The second-order valence-corrected chi connectivity index (χ2v) is 7.50. The first kappa shape index (κ1) is 31.8. The van der Waals surface area contributed by atoms with Crippen molar-refractivity contribution in [3.63, 3.8) is 0 Å². The van der Waals surface area contributed by atoms with E-state index in [0.717, 1.165) is 16.9 Å². The average Bonchev–Trinajstić information content (AvgIpc) is 2.65. The van der Waals surface area contributed by atoms with Gasteiger partial charge in [-0.2, -0.15) is 35.1 Å². The molecule has 2 rings (SSSR count). The number of halogens is 9. The molecule has 1 aromatic carbocycles. The smallest absolute Gasteiger partial charge is 0.394 e. The number of para-hydroxylation sites is 1. The van der Waals surface area contributed by atoms with Crippen LogP contribution in [0.1, 0.15) is 37.3 Å². The summed E-state index contributed by atoms with van der Waals surface area (Å²) in [6, 6.07) is 5.98. The van der Waals surface area contributed by atoms with Gasteiger partial charge in [0, 0.05) is 6.92 Å². The van der Waals surface area contributed by atoms with Crippen LogP contribution in [-0.2, 0) is 14.3 Å². The number of benzene rings is 1. The fourth-order valence-electron chi connectivity index (χ4n) is 3.53. The fourth-order valence-corrected chi connectivity index (χ4v) is 3.53. The molecule has 2 atom stereocenters. The van der Waals surface area contributed by atoms with Gasteiger partial charge in [0.05, 0.1) is 17.9 Å². The largest absolute Gasteiger partial charge is 0.489 e. The maximum Gasteiger partial charge on any atom is 0.394 e. The van der Waals surface area contributed by atoms with Gasteiger partial charge < -0.3 is 14.2 Å². The zero-order valence-electron chi connectivity index (χ0n) is 18.6. The molecule has 1 saturated carbocycles. The molecule has 34 heavy (non-hydrogen) atoms. The van der Waals surface area contributed by atoms with Gasteiger partial charge in [-0.1, -0.05) is 24.6 Å². The van der Waals surface area contributed by atoms with Crippen LogP contribution in [0.15, 0.2) is 18.2 Å². The molecule has 1 aliphatic carbocycles. The summed E-state index contributed by atoms with van der Waals surface area (Å²) in [6.45, 7) is 2.40. The summed E-state index contributed by atoms with van der Waals surface area (Å²) < 4.78 is 113. The minimum Gasteiger partial charge on any atom is -0.489 e. The second kappa shape index (κ2) is 13.6. The van der Waals surface area contributed by atoms with E-state index in [2.05, 4.69) is 4.74 Å². The number of aryl methyl sites for hydroxylation is 2. The van der Waals surface area contributed by atoms with E-state index in [1.54, 1.807) is 0 Å². The maximum absolute atomic E-state index is 12.5. The molecule has 0 bridgehead atoms. The van der Waals surface area contributed by atoms with Crippen molar-refractivity contribution in [3.8, 4) is 5.75 Å². The molecule has 1 aliphatic rings. The van der Waals surface area contributed by atoms with Crippen molar-refractivity contribution in [3.05, 3.63) is 29.3 Å². The van der Waals surface area contributed by atoms with Gasteiger partial charge in [0.2, 0.25) is 0 Å². The predicted molar refractivity (Wildman–Crippen MR) is 104 cm³/mol. The van der Waals surface area contributed by atoms with E-state index in [1.165, 1.54) is 6.92 Å². The third-order valence-corrected chi connectivity index (χ3v) is 4.97. The van der Waals surface area contributed by atoms with E-state index in [4.69, 9.17) is 9.47 Å². The number of ether oxygens (including phenoxy) is 3. The fraction of sp³-hybridized carbons (Fsp3) is 0.667. The number of alkyl halides is 8. The number of hydrogen-bond acceptors (Lipinski definition) is 4. The third-order valence-electron chi connectivity index (χ3n) is 4.97. The number of rotatable bonds is 6. The molecule has 0 aromatic heterocycles. The van der Waals surface area contributed by atoms with Crippen molar-refractivity contribution >= 4 is 5.97 Å². The third kappa shape index (κ3) is 10.4. The van der Waals surface area contributed by atoms with Crippen LogP contribution in [0.4, 0.5) is 39.8 Å². The Morgan fingerprint density at radius 1 is 0.971 bits per heavy atom. The van der Waals surface area contributed by atoms with E-state index in [9.17, 15) is 39.9 Å². The van der Waals surface area contributed by atoms with E-state index in [1.807, 2.05) is 32.0 Å². The molecule has 0 saturated heterocycles. The maximum atomic E-state index is 12.5. The summed E-state index contributed by atoms with van der Waals surface area (Å²) in [7, 11) is 0. The zero-order valence-corrected chi connectivity index (χ0v) is 18.6. The van der Waals surface area contributed by atoms with Crippen LogP contribution in [0.2, 0.25) is 0 Å². The first-order chi connectivity index (χ1) is 15.1. The monoisotopic (exact) mass is 514 g/mol. The first-order valence-electron chi connectivity index (χ1n) is 10.0. The van der Waals surface area contributed by atoms with Gasteiger partial charge in [-0.15, -0.1) is 0 Å². The lowest BCUT2D eigenvalue weighted by atomic mass is 9.78. The lowest BCUT2D eigenvalue weighted by molar-refractivity contribution is -0.300. The highest BCUT2D eigenvalue weighted by molar-refractivity contribution is 5.65. The molecular formula is C21H27F9O4. The van der Waals surface area contributed by atoms with Gasteiger partial charge >= 0.3 is 24.9 Å². The topological polar surface area (TPSA) is 44.8 Å². The first-order valence-corrected chi connectivity index (χ1v) is 10.0. The Hall–Kier alpha value is -2.18. The summed E-state index contributed by atoms with van der Waals surface area (Å²) in [5.74, 6) is -4.41. The van der Waals surface area contributed by atoms with E-state index in [-0.39, 0.29) is 17.1 Å². The van der Waals surface area contributed by atoms with E-state index < -0.39 is 49.7 Å². The Morgan fingerprint density at radius 2 is 1.44 bits per heavy atom. The molecule has 0 N–H and O–H groups in total. The van der Waals surface area contributed by atoms with Crippen molar-refractivity contribution in [2.45, 2.75) is 65.1 Å². The van der Waals surface area contributed by atoms with Crippen LogP contribution in [-0.4, -0.2) is 44.3 Å². The molecular weight excluding hydrogens is 487 g/mol. The van der Waals surface area contributed by atoms with E-state index >= 15 is 0 Å². The van der Waals surface area contributed by atoms with Crippen molar-refractivity contribution < 1.29 is 58.8 Å². The summed E-state index contributed by atoms with van der Waals surface area (Å²) in [6.07, 6.45) is -14.1. The van der Waals surface area contributed by atoms with Gasteiger partial charge in [0.25, 0.3) is 0 Å². The average molecular weight is 514 g/mol. The zero-order chi connectivity index (χ0) is 25.4. The van der Waals surface area contributed by atoms with Crippen LogP contribution >= 0.6 is 0 Å². The minimum absolute atomic E-state index is 0. The highest BCUT2D eigenvalue weighted by Gasteiger charge is 2.57. The van der Waals surface area contributed by atoms with Gasteiger partial charge in [-0.3, -0.25) is 9.50 Å². The Labute approximate surface area is 190 Å². The summed E-state index contributed by atoms with van der Waals surface area (Å²) in [5.41, 5.74) is 2.19. The highest BCUT2D eigenvalue weighted by atomic mass is 19.4. The molecule has 0 radical (unpaired) electrons. The molecule has 0 aliphatic heterocycles. The van der Waals surface area contributed by atoms with Crippen LogP contribution in [0.3, 0.4) is 0 Å². The van der Waals surface area contributed by atoms with Crippen molar-refractivity contribution in [2.24, 2.45) is 11.8 Å². The summed E-state index contributed by atoms with van der Waals surface area (Å²) >= 11 is 0. The predicted octanol–water partition coefficient (Wildman–Crippen LogP) is 6.53. The molecule has 0 spiro atoms. The molecule has 4 nitrogen and oxygen atoms in total. The SMILES string of the molecule is CC(=O)OCCOc1c(C)cccc1C.F.FC(F)OC1C(C(F)(F)F)CCCC1C(F)(F)F. The standard InChI is InChI=1S/C12H16O3.C9H10F8O.FH/c1-9-5-4-6-10(2)12(9)15-8-7-14-11(3)13;10-7(11)18-6-4(8(12,13)14)2-1-3-5(6)9(15,16)17;/h4-6H,7-8H2,1-3H3;4-7H,1-3H2;1H. The van der Waals surface area contributed by atoms with Gasteiger partial charge in [-0.25, -0.2) is 0 Å². The molecule has 2 unspecified atom stereocenters. The second-order valence-electron chi connectivity index (χ2n) is 7.50. The quantitative estimate of drug-likeness (QED) is 0.246. The number of hydrogen-bond donors (Lipinski definition) is 0. The van der Waals surface area contributed by atoms with Gasteiger partial charge in [-0.05, 0) is 37.8 Å². The van der Waals surface area contributed by atoms with Crippen LogP contribution < -0.4 is 4.74 Å². The molecule has 0 amide bonds. The van der Waals surface area contributed by atoms with Crippen molar-refractivity contribution in [2.75, 3.05) is 13.2 Å². The number of carbonyl (C=O) groups is 1. The van der Waals surface area contributed by atoms with Crippen LogP contribution in [0, 0.1) is 25.7 Å². The molecule has 13 heteroatoms. The van der Waals surface area contributed by atoms with Crippen LogP contribution in [0.25, 0.3) is 0 Å². The van der Waals surface area contributed by atoms with E-state index in [0.29, 0.717) is 13.2 Å². The number of esters is 1. The minimum atomic E-state index is -4.98. The Bertz CT molecular complexity index is 708. The lowest BCUT2D eigenvalue weighted by Gasteiger charge is -2.39. The van der Waals surface area contributed by atoms with Crippen molar-refractivity contribution in [1.82, 2.24) is 0 Å². The molecule has 0 heterocycles. The summed E-state index contributed by atoms with van der Waals surface area (Å²) in [4.78, 5) is 10.5. The number of carbonyl (C=O) groups excluding carboxylic acids is 1. The molecule has 198 valence electrons. The Kier molecular flexibility index (Phi) is 12.8. The molecule has 1 aromatic rings. The Morgan fingerprint density at radius 3 is 1.82 bits per heavy atom. The van der Waals surface area contributed by atoms with Gasteiger partial charge in [0.1, 0.15) is 19.0 Å². The van der Waals surface area contributed by atoms with Crippen molar-refractivity contribution in [1.29, 1.82) is 0 Å². The molecule has 1 fully saturated rings.